The van der Waals surface area contributed by atoms with Crippen LogP contribution in [0.1, 0.15) is 94.2 Å². The van der Waals surface area contributed by atoms with Crippen LogP contribution in [0, 0.1) is 5.92 Å². The van der Waals surface area contributed by atoms with Gasteiger partial charge in [0.05, 0.1) is 0 Å². The molecule has 0 unspecified atom stereocenters. The predicted octanol–water partition coefficient (Wildman–Crippen LogP) is 7.80. The van der Waals surface area contributed by atoms with Gasteiger partial charge in [0.25, 0.3) is 0 Å². The molecular weight excluding hydrogens is 460 g/mol. The van der Waals surface area contributed by atoms with E-state index < -0.39 is 5.97 Å². The number of hydrogen-bond donors (Lipinski definition) is 1. The Kier molecular flexibility index (Phi) is 12.2. The summed E-state index contributed by atoms with van der Waals surface area (Å²) in [6, 6.07) is 13.5. The Labute approximate surface area is 224 Å². The van der Waals surface area contributed by atoms with E-state index in [0.29, 0.717) is 12.3 Å². The second-order valence-electron chi connectivity index (χ2n) is 10.4. The predicted molar refractivity (Wildman–Crippen MR) is 152 cm³/mol. The highest BCUT2D eigenvalue weighted by Gasteiger charge is 2.22. The van der Waals surface area contributed by atoms with E-state index in [9.17, 15) is 9.90 Å². The van der Waals surface area contributed by atoms with Gasteiger partial charge in [-0.1, -0.05) is 76.4 Å². The molecule has 37 heavy (non-hydrogen) atoms. The Morgan fingerprint density at radius 2 is 1.76 bits per heavy atom. The minimum atomic E-state index is -0.448. The molecule has 0 spiro atoms. The first-order valence-electron chi connectivity index (χ1n) is 14.4. The third-order valence-corrected chi connectivity index (χ3v) is 7.78. The number of aliphatic hydroxyl groups excluding tert-OH is 1. The van der Waals surface area contributed by atoms with Crippen LogP contribution in [0.3, 0.4) is 0 Å². The lowest BCUT2D eigenvalue weighted by molar-refractivity contribution is -0.138. The van der Waals surface area contributed by atoms with E-state index in [1.807, 2.05) is 0 Å². The van der Waals surface area contributed by atoms with Crippen molar-refractivity contribution in [2.75, 3.05) is 19.8 Å². The molecule has 0 heterocycles. The summed E-state index contributed by atoms with van der Waals surface area (Å²) in [6.07, 6.45) is 14.3. The van der Waals surface area contributed by atoms with E-state index in [2.05, 4.69) is 56.8 Å². The maximum absolute atomic E-state index is 11.3. The van der Waals surface area contributed by atoms with Crippen LogP contribution in [0.15, 0.2) is 49.1 Å². The van der Waals surface area contributed by atoms with Crippen LogP contribution in [-0.2, 0) is 22.4 Å². The summed E-state index contributed by atoms with van der Waals surface area (Å²) in [5, 5.41) is 9.37. The molecule has 1 saturated carbocycles. The lowest BCUT2D eigenvalue weighted by Crippen LogP contribution is -2.13. The van der Waals surface area contributed by atoms with Crippen LogP contribution in [0.2, 0.25) is 0 Å². The summed E-state index contributed by atoms with van der Waals surface area (Å²) in [6.45, 7) is 8.47. The number of carbonyl (C=O) groups is 1. The number of carbonyl (C=O) groups excluding carboxylic acids is 1. The smallest absolute Gasteiger partial charge is 0.330 e. The number of benzene rings is 2. The van der Waals surface area contributed by atoms with Crippen molar-refractivity contribution in [1.29, 1.82) is 0 Å². The third kappa shape index (κ3) is 8.74. The van der Waals surface area contributed by atoms with Gasteiger partial charge in [0, 0.05) is 12.7 Å². The molecule has 1 aliphatic rings. The van der Waals surface area contributed by atoms with E-state index >= 15 is 0 Å². The normalized spacial score (nSPS) is 17.4. The Morgan fingerprint density at radius 3 is 2.41 bits per heavy atom. The van der Waals surface area contributed by atoms with Gasteiger partial charge < -0.3 is 14.6 Å². The van der Waals surface area contributed by atoms with E-state index in [1.165, 1.54) is 73.6 Å². The maximum Gasteiger partial charge on any atom is 0.330 e. The molecule has 202 valence electrons. The minimum Gasteiger partial charge on any atom is -0.490 e. The van der Waals surface area contributed by atoms with Crippen molar-refractivity contribution in [3.63, 3.8) is 0 Å². The summed E-state index contributed by atoms with van der Waals surface area (Å²) < 4.78 is 11.1. The summed E-state index contributed by atoms with van der Waals surface area (Å²) in [5.74, 6) is 1.95. The molecule has 4 heteroatoms. The third-order valence-electron chi connectivity index (χ3n) is 7.78. The van der Waals surface area contributed by atoms with Crippen LogP contribution >= 0.6 is 0 Å². The molecule has 0 aromatic heterocycles. The lowest BCUT2D eigenvalue weighted by Gasteiger charge is -2.29. The molecule has 1 aliphatic carbocycles. The number of aryl methyl sites for hydroxylation is 2. The van der Waals surface area contributed by atoms with E-state index in [-0.39, 0.29) is 19.8 Å². The molecule has 2 aromatic carbocycles. The number of rotatable bonds is 15. The highest BCUT2D eigenvalue weighted by molar-refractivity contribution is 5.81. The quantitative estimate of drug-likeness (QED) is 0.152. The molecular formula is C33H46O4. The van der Waals surface area contributed by atoms with Crippen molar-refractivity contribution in [1.82, 2.24) is 0 Å². The molecule has 4 nitrogen and oxygen atoms in total. The highest BCUT2D eigenvalue weighted by atomic mass is 16.6. The average Bonchev–Trinajstić information content (AvgIpc) is 2.94. The molecule has 0 atom stereocenters. The van der Waals surface area contributed by atoms with Crippen LogP contribution in [0.25, 0.3) is 11.1 Å². The molecule has 0 bridgehead atoms. The number of ether oxygens (including phenoxy) is 2. The zero-order chi connectivity index (χ0) is 26.5. The lowest BCUT2D eigenvalue weighted by atomic mass is 9.77. The first-order valence-corrected chi connectivity index (χ1v) is 14.4. The van der Waals surface area contributed by atoms with E-state index in [1.54, 1.807) is 0 Å². The minimum absolute atomic E-state index is 0.141. The number of aliphatic hydroxyl groups is 1. The zero-order valence-electron chi connectivity index (χ0n) is 23.0. The van der Waals surface area contributed by atoms with Crippen molar-refractivity contribution in [3.05, 3.63) is 65.7 Å². The van der Waals surface area contributed by atoms with Crippen molar-refractivity contribution < 1.29 is 19.4 Å². The fraction of sp³-hybridized carbons (Fsp3) is 0.545. The van der Waals surface area contributed by atoms with Gasteiger partial charge in [-0.2, -0.15) is 0 Å². The number of hydrogen-bond acceptors (Lipinski definition) is 4. The monoisotopic (exact) mass is 506 g/mol. The first kappa shape index (κ1) is 29.0. The van der Waals surface area contributed by atoms with Gasteiger partial charge in [0.1, 0.15) is 19.0 Å². The van der Waals surface area contributed by atoms with Crippen LogP contribution in [0.5, 0.6) is 5.75 Å². The topological polar surface area (TPSA) is 55.8 Å². The molecule has 2 aromatic rings. The van der Waals surface area contributed by atoms with Crippen LogP contribution in [-0.4, -0.2) is 30.9 Å². The molecule has 0 amide bonds. The Hall–Kier alpha value is -2.59. The second kappa shape index (κ2) is 15.6. The molecule has 1 N–H and O–H groups in total. The molecule has 0 saturated heterocycles. The van der Waals surface area contributed by atoms with Crippen LogP contribution < -0.4 is 4.74 Å². The van der Waals surface area contributed by atoms with Gasteiger partial charge in [-0.15, -0.1) is 0 Å². The van der Waals surface area contributed by atoms with Crippen LogP contribution in [0.4, 0.5) is 0 Å². The van der Waals surface area contributed by atoms with Crippen molar-refractivity contribution in [2.45, 2.75) is 90.4 Å². The van der Waals surface area contributed by atoms with Gasteiger partial charge in [-0.25, -0.2) is 4.79 Å². The molecule has 0 aliphatic heterocycles. The summed E-state index contributed by atoms with van der Waals surface area (Å²) >= 11 is 0. The standard InChI is InChI=1S/C33H46O4/c1-4-7-8-10-25-12-14-27(15-13-25)28-16-18-29(19-17-28)31-24-32(36-21-22-37-33(35)6-3)30(11-9-20-34)23-26(31)5-2/h6,16-19,23-25,27,34H,3-5,7-15,20-22H2,1-2H3. The van der Waals surface area contributed by atoms with Crippen molar-refractivity contribution in [2.24, 2.45) is 5.92 Å². The Morgan fingerprint density at radius 1 is 1.00 bits per heavy atom. The number of esters is 1. The molecule has 3 rings (SSSR count). The van der Waals surface area contributed by atoms with Gasteiger partial charge in [-0.3, -0.25) is 0 Å². The van der Waals surface area contributed by atoms with Crippen molar-refractivity contribution in [3.8, 4) is 16.9 Å². The largest absolute Gasteiger partial charge is 0.490 e. The summed E-state index contributed by atoms with van der Waals surface area (Å²) in [4.78, 5) is 11.3. The van der Waals surface area contributed by atoms with Gasteiger partial charge in [-0.05, 0) is 90.7 Å². The average molecular weight is 507 g/mol. The zero-order valence-corrected chi connectivity index (χ0v) is 23.0. The Bertz CT molecular complexity index is 971. The van der Waals surface area contributed by atoms with Gasteiger partial charge >= 0.3 is 5.97 Å². The fourth-order valence-corrected chi connectivity index (χ4v) is 5.59. The fourth-order valence-electron chi connectivity index (χ4n) is 5.59. The summed E-state index contributed by atoms with van der Waals surface area (Å²) in [7, 11) is 0. The van der Waals surface area contributed by atoms with E-state index in [4.69, 9.17) is 9.47 Å². The van der Waals surface area contributed by atoms with Crippen molar-refractivity contribution >= 4 is 5.97 Å². The maximum atomic E-state index is 11.3. The Balaban J connectivity index is 1.72. The highest BCUT2D eigenvalue weighted by Crippen LogP contribution is 2.39. The SMILES string of the molecule is C=CC(=O)OCCOc1cc(-c2ccc(C3CCC(CCCCC)CC3)cc2)c(CC)cc1CCCO. The molecule has 0 radical (unpaired) electrons. The van der Waals surface area contributed by atoms with Gasteiger partial charge in [0.15, 0.2) is 0 Å². The van der Waals surface area contributed by atoms with Gasteiger partial charge in [0.2, 0.25) is 0 Å². The number of unbranched alkanes of at least 4 members (excludes halogenated alkanes) is 2. The summed E-state index contributed by atoms with van der Waals surface area (Å²) in [5.41, 5.74) is 6.20. The van der Waals surface area contributed by atoms with E-state index in [0.717, 1.165) is 36.1 Å². The molecule has 1 fully saturated rings. The first-order chi connectivity index (χ1) is 18.1. The second-order valence-corrected chi connectivity index (χ2v) is 10.4.